The number of aryl methyl sites for hydroxylation is 2. The minimum Gasteiger partial charge on any atom is -0.381 e. The molecule has 1 aromatic carbocycles. The average molecular weight is 389 g/mol. The van der Waals surface area contributed by atoms with Gasteiger partial charge in [-0.05, 0) is 55.6 Å². The summed E-state index contributed by atoms with van der Waals surface area (Å²) >= 11 is 0. The van der Waals surface area contributed by atoms with Crippen molar-refractivity contribution in [3.05, 3.63) is 35.4 Å². The van der Waals surface area contributed by atoms with Crippen LogP contribution in [0, 0.1) is 5.92 Å². The van der Waals surface area contributed by atoms with Gasteiger partial charge in [0.2, 0.25) is 0 Å². The Bertz CT molecular complexity index is 451. The molecule has 0 aliphatic carbocycles. The summed E-state index contributed by atoms with van der Waals surface area (Å²) in [7, 11) is 0. The van der Waals surface area contributed by atoms with Crippen molar-refractivity contribution in [1.82, 2.24) is 0 Å². The van der Waals surface area contributed by atoms with Gasteiger partial charge in [0.15, 0.2) is 0 Å². The molecule has 1 aromatic rings. The number of ether oxygens (including phenoxy) is 1. The molecule has 0 aliphatic heterocycles. The molecule has 1 rings (SSSR count). The Labute approximate surface area is 176 Å². The van der Waals surface area contributed by atoms with Crippen LogP contribution in [0.1, 0.15) is 115 Å². The van der Waals surface area contributed by atoms with E-state index in [-0.39, 0.29) is 0 Å². The van der Waals surface area contributed by atoms with Gasteiger partial charge in [0.1, 0.15) is 0 Å². The molecular formula is C27H48O. The first-order valence-corrected chi connectivity index (χ1v) is 12.4. The third-order valence-electron chi connectivity index (χ3n) is 5.63. The largest absolute Gasteiger partial charge is 0.381 e. The fourth-order valence-electron chi connectivity index (χ4n) is 3.80. The van der Waals surface area contributed by atoms with Crippen LogP contribution in [-0.2, 0) is 17.6 Å². The van der Waals surface area contributed by atoms with E-state index in [9.17, 15) is 0 Å². The molecule has 0 fully saturated rings. The van der Waals surface area contributed by atoms with E-state index in [0.717, 1.165) is 19.1 Å². The molecular weight excluding hydrogens is 340 g/mol. The normalized spacial score (nSPS) is 11.4. The topological polar surface area (TPSA) is 9.23 Å². The van der Waals surface area contributed by atoms with Crippen LogP contribution >= 0.6 is 0 Å². The van der Waals surface area contributed by atoms with Crippen LogP contribution in [0.15, 0.2) is 24.3 Å². The summed E-state index contributed by atoms with van der Waals surface area (Å²) in [5, 5.41) is 0. The predicted octanol–water partition coefficient (Wildman–Crippen LogP) is 8.54. The first-order chi connectivity index (χ1) is 13.7. The summed E-state index contributed by atoms with van der Waals surface area (Å²) in [6, 6.07) is 9.33. The fourth-order valence-corrected chi connectivity index (χ4v) is 3.80. The van der Waals surface area contributed by atoms with Crippen molar-refractivity contribution in [3.63, 3.8) is 0 Å². The van der Waals surface area contributed by atoms with Gasteiger partial charge in [0.05, 0.1) is 0 Å². The van der Waals surface area contributed by atoms with E-state index in [1.807, 2.05) is 0 Å². The summed E-state index contributed by atoms with van der Waals surface area (Å²) in [6.07, 6.45) is 19.9. The molecule has 0 spiro atoms. The summed E-state index contributed by atoms with van der Waals surface area (Å²) in [4.78, 5) is 0. The van der Waals surface area contributed by atoms with Gasteiger partial charge in [-0.1, -0.05) is 103 Å². The molecule has 1 nitrogen and oxygen atoms in total. The van der Waals surface area contributed by atoms with Crippen LogP contribution in [0.2, 0.25) is 0 Å². The Kier molecular flexibility index (Phi) is 16.4. The zero-order chi connectivity index (χ0) is 20.3. The lowest BCUT2D eigenvalue weighted by molar-refractivity contribution is 0.126. The number of benzene rings is 1. The monoisotopic (exact) mass is 388 g/mol. The lowest BCUT2D eigenvalue weighted by Gasteiger charge is -2.07. The van der Waals surface area contributed by atoms with Gasteiger partial charge in [0, 0.05) is 13.2 Å². The minimum absolute atomic E-state index is 0.871. The van der Waals surface area contributed by atoms with Crippen molar-refractivity contribution in [3.8, 4) is 0 Å². The minimum atomic E-state index is 0.871. The van der Waals surface area contributed by atoms with Crippen LogP contribution in [0.5, 0.6) is 0 Å². The quantitative estimate of drug-likeness (QED) is 0.216. The third kappa shape index (κ3) is 15.1. The third-order valence-corrected chi connectivity index (χ3v) is 5.63. The zero-order valence-corrected chi connectivity index (χ0v) is 19.3. The van der Waals surface area contributed by atoms with Gasteiger partial charge in [-0.2, -0.15) is 0 Å². The van der Waals surface area contributed by atoms with Crippen LogP contribution in [0.25, 0.3) is 0 Å². The standard InChI is InChI=1S/C27H48O/c1-4-5-14-22-28-23-15-10-13-19-27-21-16-20-26(24-27)18-12-9-7-6-8-11-17-25(2)3/h16,20-21,24-25H,4-15,17-19,22-23H2,1-3H3. The highest BCUT2D eigenvalue weighted by atomic mass is 16.5. The Balaban J connectivity index is 2.01. The lowest BCUT2D eigenvalue weighted by Crippen LogP contribution is -1.97. The molecule has 0 saturated heterocycles. The molecule has 0 heterocycles. The summed E-state index contributed by atoms with van der Waals surface area (Å²) in [5.41, 5.74) is 3.06. The van der Waals surface area contributed by atoms with E-state index in [1.54, 1.807) is 0 Å². The van der Waals surface area contributed by atoms with Crippen molar-refractivity contribution in [2.24, 2.45) is 5.92 Å². The molecule has 1 heteroatoms. The molecule has 162 valence electrons. The number of hydrogen-bond donors (Lipinski definition) is 0. The smallest absolute Gasteiger partial charge is 0.0466 e. The van der Waals surface area contributed by atoms with Crippen molar-refractivity contribution in [2.75, 3.05) is 13.2 Å². The highest BCUT2D eigenvalue weighted by molar-refractivity contribution is 5.23. The lowest BCUT2D eigenvalue weighted by atomic mass is 10.00. The maximum absolute atomic E-state index is 5.70. The van der Waals surface area contributed by atoms with Crippen LogP contribution in [-0.4, -0.2) is 13.2 Å². The Hall–Kier alpha value is -0.820. The number of unbranched alkanes of at least 4 members (excludes halogenated alkanes) is 9. The van der Waals surface area contributed by atoms with E-state index in [1.165, 1.54) is 107 Å². The van der Waals surface area contributed by atoms with Crippen molar-refractivity contribution in [2.45, 2.75) is 117 Å². The van der Waals surface area contributed by atoms with Gasteiger partial charge >= 0.3 is 0 Å². The summed E-state index contributed by atoms with van der Waals surface area (Å²) in [6.45, 7) is 8.80. The van der Waals surface area contributed by atoms with Crippen molar-refractivity contribution >= 4 is 0 Å². The molecule has 0 amide bonds. The molecule has 0 N–H and O–H groups in total. The zero-order valence-electron chi connectivity index (χ0n) is 19.3. The molecule has 0 aliphatic rings. The van der Waals surface area contributed by atoms with Crippen molar-refractivity contribution < 1.29 is 4.74 Å². The predicted molar refractivity (Wildman–Crippen MR) is 125 cm³/mol. The highest BCUT2D eigenvalue weighted by Crippen LogP contribution is 2.15. The Morgan fingerprint density at radius 3 is 1.82 bits per heavy atom. The van der Waals surface area contributed by atoms with Crippen molar-refractivity contribution in [1.29, 1.82) is 0 Å². The second kappa shape index (κ2) is 18.2. The van der Waals surface area contributed by atoms with E-state index in [0.29, 0.717) is 0 Å². The first kappa shape index (κ1) is 25.2. The van der Waals surface area contributed by atoms with Gasteiger partial charge in [0.25, 0.3) is 0 Å². The molecule has 0 saturated carbocycles. The van der Waals surface area contributed by atoms with Gasteiger partial charge in [-0.3, -0.25) is 0 Å². The van der Waals surface area contributed by atoms with Crippen LogP contribution in [0.4, 0.5) is 0 Å². The molecule has 0 unspecified atom stereocenters. The Morgan fingerprint density at radius 1 is 0.679 bits per heavy atom. The second-order valence-electron chi connectivity index (χ2n) is 9.00. The summed E-state index contributed by atoms with van der Waals surface area (Å²) < 4.78 is 5.70. The average Bonchev–Trinajstić information content (AvgIpc) is 2.69. The molecule has 0 bridgehead atoms. The van der Waals surface area contributed by atoms with E-state index < -0.39 is 0 Å². The second-order valence-corrected chi connectivity index (χ2v) is 9.00. The number of hydrogen-bond acceptors (Lipinski definition) is 1. The molecule has 0 aromatic heterocycles. The SMILES string of the molecule is CCCCCOCCCCCc1cccc(CCCCCCCCC(C)C)c1. The Morgan fingerprint density at radius 2 is 1.21 bits per heavy atom. The van der Waals surface area contributed by atoms with Crippen LogP contribution < -0.4 is 0 Å². The maximum Gasteiger partial charge on any atom is 0.0466 e. The van der Waals surface area contributed by atoms with Gasteiger partial charge in [-0.25, -0.2) is 0 Å². The van der Waals surface area contributed by atoms with E-state index in [2.05, 4.69) is 45.0 Å². The van der Waals surface area contributed by atoms with Gasteiger partial charge in [-0.15, -0.1) is 0 Å². The van der Waals surface area contributed by atoms with Crippen LogP contribution in [0.3, 0.4) is 0 Å². The summed E-state index contributed by atoms with van der Waals surface area (Å²) in [5.74, 6) is 0.871. The van der Waals surface area contributed by atoms with E-state index in [4.69, 9.17) is 4.74 Å². The molecule has 28 heavy (non-hydrogen) atoms. The fraction of sp³-hybridized carbons (Fsp3) is 0.778. The van der Waals surface area contributed by atoms with Gasteiger partial charge < -0.3 is 4.74 Å². The molecule has 0 atom stereocenters. The van der Waals surface area contributed by atoms with E-state index >= 15 is 0 Å². The maximum atomic E-state index is 5.70. The highest BCUT2D eigenvalue weighted by Gasteiger charge is 1.99. The first-order valence-electron chi connectivity index (χ1n) is 12.4. The molecule has 0 radical (unpaired) electrons. The number of rotatable bonds is 19.